The van der Waals surface area contributed by atoms with Crippen LogP contribution in [-0.2, 0) is 16.1 Å². The highest BCUT2D eigenvalue weighted by Gasteiger charge is 2.29. The highest BCUT2D eigenvalue weighted by Crippen LogP contribution is 2.32. The van der Waals surface area contributed by atoms with Crippen LogP contribution in [-0.4, -0.2) is 23.5 Å². The first kappa shape index (κ1) is 21.9. The second-order valence-corrected chi connectivity index (χ2v) is 9.41. The zero-order chi connectivity index (χ0) is 22.9. The highest BCUT2D eigenvalue weighted by atomic mass is 16.6. The van der Waals surface area contributed by atoms with Gasteiger partial charge in [0.25, 0.3) is 5.91 Å². The van der Waals surface area contributed by atoms with E-state index in [9.17, 15) is 9.59 Å². The molecular formula is C27H30N2O3. The number of allylic oxidation sites excluding steroid dienone is 2. The van der Waals surface area contributed by atoms with E-state index in [-0.39, 0.29) is 23.8 Å². The molecule has 2 aromatic carbocycles. The number of carbonyl (C=O) groups is 2. The number of anilines is 2. The quantitative estimate of drug-likeness (QED) is 0.629. The number of benzene rings is 2. The Kier molecular flexibility index (Phi) is 5.92. The number of amides is 1. The van der Waals surface area contributed by atoms with E-state index in [1.165, 1.54) is 0 Å². The van der Waals surface area contributed by atoms with Gasteiger partial charge in [-0.3, -0.25) is 9.59 Å². The second kappa shape index (κ2) is 8.65. The highest BCUT2D eigenvalue weighted by molar-refractivity contribution is 6.10. The molecule has 4 rings (SSSR count). The summed E-state index contributed by atoms with van der Waals surface area (Å²) in [6.07, 6.45) is 9.27. The monoisotopic (exact) mass is 430 g/mol. The van der Waals surface area contributed by atoms with Gasteiger partial charge in [-0.15, -0.1) is 0 Å². The molecule has 2 unspecified atom stereocenters. The fourth-order valence-electron chi connectivity index (χ4n) is 3.97. The van der Waals surface area contributed by atoms with Crippen LogP contribution in [0, 0.1) is 0 Å². The van der Waals surface area contributed by atoms with E-state index in [1.807, 2.05) is 82.3 Å². The maximum Gasteiger partial charge on any atom is 0.313 e. The molecule has 2 aliphatic rings. The van der Waals surface area contributed by atoms with E-state index >= 15 is 0 Å². The van der Waals surface area contributed by atoms with Crippen molar-refractivity contribution in [3.05, 3.63) is 83.5 Å². The molecule has 0 radical (unpaired) electrons. The van der Waals surface area contributed by atoms with Gasteiger partial charge in [-0.1, -0.05) is 42.5 Å². The fraction of sp³-hybridized carbons (Fsp3) is 0.333. The van der Waals surface area contributed by atoms with Crippen LogP contribution in [0.4, 0.5) is 11.4 Å². The number of hydrogen-bond acceptors (Lipinski definition) is 4. The SMILES string of the molecule is CC(C(=O)OC(C)(C)C)c1ccc(N2Cc3ccc(NC4C=CC=CC4)cc3C2=O)cc1. The van der Waals surface area contributed by atoms with Crippen molar-refractivity contribution in [1.82, 2.24) is 0 Å². The van der Waals surface area contributed by atoms with Gasteiger partial charge >= 0.3 is 5.97 Å². The topological polar surface area (TPSA) is 58.6 Å². The number of nitrogens with one attached hydrogen (secondary N) is 1. The van der Waals surface area contributed by atoms with Gasteiger partial charge in [-0.05, 0) is 69.5 Å². The van der Waals surface area contributed by atoms with E-state index in [4.69, 9.17) is 4.74 Å². The van der Waals surface area contributed by atoms with Crippen molar-refractivity contribution >= 4 is 23.3 Å². The largest absolute Gasteiger partial charge is 0.460 e. The second-order valence-electron chi connectivity index (χ2n) is 9.41. The smallest absolute Gasteiger partial charge is 0.313 e. The zero-order valence-electron chi connectivity index (χ0n) is 19.1. The van der Waals surface area contributed by atoms with Crippen molar-refractivity contribution in [2.24, 2.45) is 0 Å². The number of nitrogens with zero attached hydrogens (tertiary/aromatic N) is 1. The summed E-state index contributed by atoms with van der Waals surface area (Å²) in [5, 5.41) is 3.48. The summed E-state index contributed by atoms with van der Waals surface area (Å²) in [5.41, 5.74) is 3.87. The lowest BCUT2D eigenvalue weighted by atomic mass is 10.0. The van der Waals surface area contributed by atoms with Crippen LogP contribution in [0.5, 0.6) is 0 Å². The normalized spacial score (nSPS) is 18.4. The summed E-state index contributed by atoms with van der Waals surface area (Å²) >= 11 is 0. The molecule has 2 atom stereocenters. The third-order valence-electron chi connectivity index (χ3n) is 5.71. The molecule has 166 valence electrons. The van der Waals surface area contributed by atoms with Gasteiger partial charge in [0, 0.05) is 23.0 Å². The average molecular weight is 431 g/mol. The van der Waals surface area contributed by atoms with Crippen molar-refractivity contribution < 1.29 is 14.3 Å². The lowest BCUT2D eigenvalue weighted by molar-refractivity contribution is -0.156. The summed E-state index contributed by atoms with van der Waals surface area (Å²) in [6, 6.07) is 13.8. The number of ether oxygens (including phenoxy) is 1. The molecule has 1 aliphatic heterocycles. The summed E-state index contributed by atoms with van der Waals surface area (Å²) in [4.78, 5) is 27.3. The van der Waals surface area contributed by atoms with Crippen molar-refractivity contribution in [1.29, 1.82) is 0 Å². The third kappa shape index (κ3) is 4.77. The summed E-state index contributed by atoms with van der Waals surface area (Å²) in [5.74, 6) is -0.624. The van der Waals surface area contributed by atoms with Crippen LogP contribution in [0.15, 0.2) is 66.8 Å². The predicted octanol–water partition coefficient (Wildman–Crippen LogP) is 5.59. The van der Waals surface area contributed by atoms with Crippen LogP contribution in [0.3, 0.4) is 0 Å². The van der Waals surface area contributed by atoms with E-state index in [2.05, 4.69) is 17.5 Å². The van der Waals surface area contributed by atoms with Gasteiger partial charge in [-0.25, -0.2) is 0 Å². The van der Waals surface area contributed by atoms with Crippen LogP contribution >= 0.6 is 0 Å². The van der Waals surface area contributed by atoms with Crippen molar-refractivity contribution in [3.8, 4) is 0 Å². The number of carbonyl (C=O) groups excluding carboxylic acids is 2. The molecule has 32 heavy (non-hydrogen) atoms. The lowest BCUT2D eigenvalue weighted by Crippen LogP contribution is -2.27. The van der Waals surface area contributed by atoms with Gasteiger partial charge in [0.15, 0.2) is 0 Å². The minimum Gasteiger partial charge on any atom is -0.460 e. The van der Waals surface area contributed by atoms with Crippen LogP contribution in [0.2, 0.25) is 0 Å². The minimum atomic E-state index is -0.517. The Labute approximate surface area is 189 Å². The first-order valence-corrected chi connectivity index (χ1v) is 11.1. The van der Waals surface area contributed by atoms with Crippen molar-refractivity contribution in [3.63, 3.8) is 0 Å². The van der Waals surface area contributed by atoms with Crippen LogP contribution < -0.4 is 10.2 Å². The fourth-order valence-corrected chi connectivity index (χ4v) is 3.97. The van der Waals surface area contributed by atoms with Crippen molar-refractivity contribution in [2.75, 3.05) is 10.2 Å². The maximum absolute atomic E-state index is 13.1. The third-order valence-corrected chi connectivity index (χ3v) is 5.71. The molecule has 2 aromatic rings. The Morgan fingerprint density at radius 1 is 1.12 bits per heavy atom. The molecule has 1 N–H and O–H groups in total. The Morgan fingerprint density at radius 2 is 1.88 bits per heavy atom. The molecule has 0 spiro atoms. The van der Waals surface area contributed by atoms with Gasteiger partial charge in [0.2, 0.25) is 0 Å². The Balaban J connectivity index is 1.46. The minimum absolute atomic E-state index is 0.00401. The van der Waals surface area contributed by atoms with E-state index in [1.54, 1.807) is 4.90 Å². The molecule has 5 heteroatoms. The average Bonchev–Trinajstić information content (AvgIpc) is 3.09. The van der Waals surface area contributed by atoms with Crippen molar-refractivity contribution in [2.45, 2.75) is 58.2 Å². The van der Waals surface area contributed by atoms with E-state index in [0.717, 1.165) is 34.5 Å². The number of fused-ring (bicyclic) bond motifs is 1. The Morgan fingerprint density at radius 3 is 2.53 bits per heavy atom. The Hall–Kier alpha value is -3.34. The predicted molar refractivity (Wildman–Crippen MR) is 128 cm³/mol. The molecule has 1 aliphatic carbocycles. The molecule has 1 heterocycles. The van der Waals surface area contributed by atoms with Gasteiger partial charge in [0.1, 0.15) is 5.60 Å². The molecule has 1 amide bonds. The molecule has 0 aromatic heterocycles. The number of rotatable bonds is 5. The zero-order valence-corrected chi connectivity index (χ0v) is 19.1. The van der Waals surface area contributed by atoms with E-state index in [0.29, 0.717) is 6.54 Å². The van der Waals surface area contributed by atoms with Gasteiger partial charge < -0.3 is 15.0 Å². The van der Waals surface area contributed by atoms with E-state index < -0.39 is 5.60 Å². The lowest BCUT2D eigenvalue weighted by Gasteiger charge is -2.23. The van der Waals surface area contributed by atoms with Gasteiger partial charge in [0.05, 0.1) is 12.5 Å². The van der Waals surface area contributed by atoms with Gasteiger partial charge in [-0.2, -0.15) is 0 Å². The summed E-state index contributed by atoms with van der Waals surface area (Å²) < 4.78 is 5.49. The maximum atomic E-state index is 13.1. The number of esters is 1. The van der Waals surface area contributed by atoms with Crippen LogP contribution in [0.25, 0.3) is 0 Å². The Bertz CT molecular complexity index is 1080. The summed E-state index contributed by atoms with van der Waals surface area (Å²) in [7, 11) is 0. The molecule has 0 bridgehead atoms. The summed E-state index contributed by atoms with van der Waals surface area (Å²) in [6.45, 7) is 7.97. The van der Waals surface area contributed by atoms with Crippen LogP contribution in [0.1, 0.15) is 61.5 Å². The number of hydrogen-bond donors (Lipinski definition) is 1. The molecule has 0 saturated heterocycles. The molecule has 5 nitrogen and oxygen atoms in total. The molecule has 0 fully saturated rings. The standard InChI is InChI=1S/C27H30N2O3/c1-18(26(31)32-27(2,3)4)19-11-14-23(15-12-19)29-17-20-10-13-22(16-24(20)25(29)30)28-21-8-6-5-7-9-21/h5-8,10-16,18,21,28H,9,17H2,1-4H3. The first-order valence-electron chi connectivity index (χ1n) is 11.1. The molecular weight excluding hydrogens is 400 g/mol. The first-order chi connectivity index (χ1) is 15.2. The molecule has 0 saturated carbocycles.